The minimum atomic E-state index is -2.88. The molecule has 0 spiro atoms. The lowest BCUT2D eigenvalue weighted by Crippen LogP contribution is -2.14. The summed E-state index contributed by atoms with van der Waals surface area (Å²) >= 11 is 0. The maximum absolute atomic E-state index is 13.0. The Hall–Kier alpha value is 0.150. The van der Waals surface area contributed by atoms with E-state index in [9.17, 15) is 4.57 Å². The van der Waals surface area contributed by atoms with E-state index in [4.69, 9.17) is 9.05 Å². The van der Waals surface area contributed by atoms with Crippen molar-refractivity contribution in [3.8, 4) is 0 Å². The highest BCUT2D eigenvalue weighted by atomic mass is 31.2. The highest BCUT2D eigenvalue weighted by Crippen LogP contribution is 2.50. The van der Waals surface area contributed by atoms with Gasteiger partial charge in [-0.3, -0.25) is 4.57 Å². The van der Waals surface area contributed by atoms with Crippen LogP contribution in [0.3, 0.4) is 0 Å². The van der Waals surface area contributed by atoms with Gasteiger partial charge in [-0.15, -0.1) is 0 Å². The fourth-order valence-electron chi connectivity index (χ4n) is 3.71. The van der Waals surface area contributed by atoms with E-state index in [0.717, 1.165) is 19.3 Å². The summed E-state index contributed by atoms with van der Waals surface area (Å²) in [6.07, 6.45) is 20.6. The molecule has 1 fully saturated rings. The average molecular weight is 389 g/mol. The van der Waals surface area contributed by atoms with Crippen LogP contribution in [-0.4, -0.2) is 19.4 Å². The minimum Gasteiger partial charge on any atom is -0.309 e. The topological polar surface area (TPSA) is 35.5 Å². The zero-order valence-electron chi connectivity index (χ0n) is 17.7. The Kier molecular flexibility index (Phi) is 15.0. The Morgan fingerprint density at radius 2 is 1.31 bits per heavy atom. The van der Waals surface area contributed by atoms with E-state index in [-0.39, 0.29) is 0 Å². The summed E-state index contributed by atoms with van der Waals surface area (Å²) in [5.74, 6) is 0.593. The zero-order chi connectivity index (χ0) is 18.9. The smallest absolute Gasteiger partial charge is 0.309 e. The van der Waals surface area contributed by atoms with Crippen molar-refractivity contribution in [1.29, 1.82) is 0 Å². The lowest BCUT2D eigenvalue weighted by atomic mass is 9.90. The van der Waals surface area contributed by atoms with Crippen LogP contribution in [0.15, 0.2) is 0 Å². The third kappa shape index (κ3) is 12.5. The molecule has 156 valence electrons. The van der Waals surface area contributed by atoms with Gasteiger partial charge in [0.05, 0.1) is 19.4 Å². The molecule has 1 aliphatic rings. The summed E-state index contributed by atoms with van der Waals surface area (Å²) in [5, 5.41) is 0. The summed E-state index contributed by atoms with van der Waals surface area (Å²) in [7, 11) is -2.88. The molecule has 4 heteroatoms. The molecule has 1 aliphatic carbocycles. The highest BCUT2D eigenvalue weighted by molar-refractivity contribution is 7.53. The van der Waals surface area contributed by atoms with Crippen molar-refractivity contribution in [3.63, 3.8) is 0 Å². The van der Waals surface area contributed by atoms with Gasteiger partial charge in [-0.2, -0.15) is 0 Å². The second kappa shape index (κ2) is 16.1. The average Bonchev–Trinajstić information content (AvgIpc) is 2.67. The monoisotopic (exact) mass is 388 g/mol. The van der Waals surface area contributed by atoms with Crippen molar-refractivity contribution in [2.45, 2.75) is 117 Å². The van der Waals surface area contributed by atoms with Gasteiger partial charge in [-0.25, -0.2) is 0 Å². The van der Waals surface area contributed by atoms with Crippen LogP contribution in [0.4, 0.5) is 0 Å². The first-order valence-corrected chi connectivity index (χ1v) is 13.3. The quantitative estimate of drug-likeness (QED) is 0.186. The molecule has 0 aromatic rings. The molecular weight excluding hydrogens is 343 g/mol. The standard InChI is InChI=1S/C22H45O3P/c1-3-5-7-8-9-10-11-12-16-19-24-26(23,20-6-4-2)25-21-22-17-14-13-15-18-22/h22H,3-21H2,1-2H3. The van der Waals surface area contributed by atoms with Crippen molar-refractivity contribution in [2.75, 3.05) is 19.4 Å². The fourth-order valence-corrected chi connectivity index (χ4v) is 5.59. The van der Waals surface area contributed by atoms with Crippen LogP contribution < -0.4 is 0 Å². The minimum absolute atomic E-state index is 0.591. The zero-order valence-corrected chi connectivity index (χ0v) is 18.6. The number of unbranched alkanes of at least 4 members (excludes halogenated alkanes) is 9. The maximum atomic E-state index is 13.0. The lowest BCUT2D eigenvalue weighted by molar-refractivity contribution is 0.159. The van der Waals surface area contributed by atoms with Gasteiger partial charge >= 0.3 is 7.60 Å². The van der Waals surface area contributed by atoms with Crippen molar-refractivity contribution in [1.82, 2.24) is 0 Å². The van der Waals surface area contributed by atoms with E-state index in [1.54, 1.807) is 0 Å². The summed E-state index contributed by atoms with van der Waals surface area (Å²) in [6.45, 7) is 5.63. The molecule has 0 aliphatic heterocycles. The van der Waals surface area contributed by atoms with Crippen LogP contribution in [0.5, 0.6) is 0 Å². The normalized spacial score (nSPS) is 18.1. The van der Waals surface area contributed by atoms with E-state index in [2.05, 4.69) is 13.8 Å². The third-order valence-corrected chi connectivity index (χ3v) is 7.54. The predicted octanol–water partition coefficient (Wildman–Crippen LogP) is 8.12. The van der Waals surface area contributed by atoms with Gasteiger partial charge in [-0.1, -0.05) is 90.9 Å². The number of hydrogen-bond donors (Lipinski definition) is 0. The lowest BCUT2D eigenvalue weighted by Gasteiger charge is -2.25. The van der Waals surface area contributed by atoms with E-state index < -0.39 is 7.60 Å². The highest BCUT2D eigenvalue weighted by Gasteiger charge is 2.26. The van der Waals surface area contributed by atoms with Gasteiger partial charge in [-0.05, 0) is 31.6 Å². The maximum Gasteiger partial charge on any atom is 0.330 e. The second-order valence-corrected chi connectivity index (χ2v) is 10.3. The van der Waals surface area contributed by atoms with Crippen LogP contribution in [0.1, 0.15) is 117 Å². The number of rotatable bonds is 17. The van der Waals surface area contributed by atoms with Gasteiger partial charge in [0, 0.05) is 0 Å². The third-order valence-electron chi connectivity index (χ3n) is 5.55. The summed E-state index contributed by atoms with van der Waals surface area (Å²) in [4.78, 5) is 0. The van der Waals surface area contributed by atoms with Gasteiger partial charge < -0.3 is 9.05 Å². The van der Waals surface area contributed by atoms with Crippen molar-refractivity contribution in [3.05, 3.63) is 0 Å². The molecule has 0 aromatic heterocycles. The molecular formula is C22H45O3P. The Labute approximate surface area is 163 Å². The molecule has 0 bridgehead atoms. The van der Waals surface area contributed by atoms with Crippen LogP contribution in [0.2, 0.25) is 0 Å². The van der Waals surface area contributed by atoms with Gasteiger partial charge in [0.2, 0.25) is 0 Å². The van der Waals surface area contributed by atoms with E-state index >= 15 is 0 Å². The first-order valence-electron chi connectivity index (χ1n) is 11.6. The molecule has 0 heterocycles. The van der Waals surface area contributed by atoms with Crippen molar-refractivity contribution >= 4 is 7.60 Å². The van der Waals surface area contributed by atoms with Crippen molar-refractivity contribution in [2.24, 2.45) is 5.92 Å². The molecule has 0 saturated heterocycles. The summed E-state index contributed by atoms with van der Waals surface area (Å²) < 4.78 is 24.7. The van der Waals surface area contributed by atoms with Crippen LogP contribution in [0, 0.1) is 5.92 Å². The molecule has 26 heavy (non-hydrogen) atoms. The van der Waals surface area contributed by atoms with E-state index in [0.29, 0.717) is 25.3 Å². The van der Waals surface area contributed by atoms with Gasteiger partial charge in [0.25, 0.3) is 0 Å². The van der Waals surface area contributed by atoms with Crippen LogP contribution in [-0.2, 0) is 13.6 Å². The van der Waals surface area contributed by atoms with Crippen molar-refractivity contribution < 1.29 is 13.6 Å². The van der Waals surface area contributed by atoms with Crippen LogP contribution in [0.25, 0.3) is 0 Å². The predicted molar refractivity (Wildman–Crippen MR) is 113 cm³/mol. The van der Waals surface area contributed by atoms with E-state index in [1.807, 2.05) is 0 Å². The molecule has 0 N–H and O–H groups in total. The van der Waals surface area contributed by atoms with E-state index in [1.165, 1.54) is 83.5 Å². The molecule has 1 unspecified atom stereocenters. The largest absolute Gasteiger partial charge is 0.330 e. The Morgan fingerprint density at radius 3 is 1.92 bits per heavy atom. The second-order valence-electron chi connectivity index (χ2n) is 8.15. The fraction of sp³-hybridized carbons (Fsp3) is 1.00. The number of hydrogen-bond acceptors (Lipinski definition) is 3. The van der Waals surface area contributed by atoms with Crippen LogP contribution >= 0.6 is 7.60 Å². The molecule has 0 radical (unpaired) electrons. The Bertz CT molecular complexity index is 353. The molecule has 1 atom stereocenters. The molecule has 1 rings (SSSR count). The molecule has 0 aromatic carbocycles. The van der Waals surface area contributed by atoms with Gasteiger partial charge in [0.15, 0.2) is 0 Å². The summed E-state index contributed by atoms with van der Waals surface area (Å²) in [6, 6.07) is 0. The molecule has 0 amide bonds. The first kappa shape index (κ1) is 24.2. The molecule has 3 nitrogen and oxygen atoms in total. The molecule has 1 saturated carbocycles. The summed E-state index contributed by atoms with van der Waals surface area (Å²) in [5.41, 5.74) is 0. The Balaban J connectivity index is 2.13. The Morgan fingerprint density at radius 1 is 0.731 bits per heavy atom. The van der Waals surface area contributed by atoms with Gasteiger partial charge in [0.1, 0.15) is 0 Å². The first-order chi connectivity index (χ1) is 12.7. The SMILES string of the molecule is CCCCCCCCCCCOP(=O)(CCCC)OCC1CCCCC1.